The molecule has 4 heteroatoms. The molecule has 0 unspecified atom stereocenters. The van der Waals surface area contributed by atoms with E-state index < -0.39 is 8.32 Å². The third-order valence-corrected chi connectivity index (χ3v) is 6.24. The highest BCUT2D eigenvalue weighted by molar-refractivity contribution is 6.69. The van der Waals surface area contributed by atoms with Crippen LogP contribution in [0, 0.1) is 27.7 Å². The van der Waals surface area contributed by atoms with Crippen molar-refractivity contribution in [3.63, 3.8) is 0 Å². The minimum atomic E-state index is -1.45. The molecule has 0 bridgehead atoms. The van der Waals surface area contributed by atoms with Gasteiger partial charge >= 0.3 is 0 Å². The Morgan fingerprint density at radius 3 is 1.70 bits per heavy atom. The van der Waals surface area contributed by atoms with Crippen LogP contribution >= 0.6 is 0 Å². The molecule has 0 aliphatic rings. The van der Waals surface area contributed by atoms with Crippen molar-refractivity contribution in [2.75, 3.05) is 6.61 Å². The molecule has 0 amide bonds. The Balaban J connectivity index is 2.31. The van der Waals surface area contributed by atoms with Crippen LogP contribution in [-0.2, 0) is 4.43 Å². The van der Waals surface area contributed by atoms with E-state index in [2.05, 4.69) is 90.7 Å². The molecule has 0 radical (unpaired) electrons. The molecule has 0 fully saturated rings. The molecule has 2 aromatic carbocycles. The Morgan fingerprint density at radius 2 is 1.23 bits per heavy atom. The van der Waals surface area contributed by atoms with Gasteiger partial charge in [-0.05, 0) is 95.8 Å². The van der Waals surface area contributed by atoms with Gasteiger partial charge in [-0.2, -0.15) is 0 Å². The minimum Gasteiger partial charge on any atom is -0.418 e. The smallest absolute Gasteiger partial charge is 0.183 e. The summed E-state index contributed by atoms with van der Waals surface area (Å²) in [5, 5.41) is 0. The van der Waals surface area contributed by atoms with Crippen molar-refractivity contribution in [1.29, 1.82) is 0 Å². The highest BCUT2D eigenvalue weighted by Gasteiger charge is 2.14. The summed E-state index contributed by atoms with van der Waals surface area (Å²) in [6.45, 7) is 18.1. The normalized spacial score (nSPS) is 13.1. The lowest BCUT2D eigenvalue weighted by Gasteiger charge is -2.17. The molecule has 3 nitrogen and oxygen atoms in total. The van der Waals surface area contributed by atoms with Gasteiger partial charge in [0.1, 0.15) is 0 Å². The highest BCUT2D eigenvalue weighted by atomic mass is 28.4. The van der Waals surface area contributed by atoms with E-state index in [1.165, 1.54) is 22.3 Å². The predicted molar refractivity (Wildman–Crippen MR) is 135 cm³/mol. The fourth-order valence-corrected chi connectivity index (χ4v) is 4.18. The summed E-state index contributed by atoms with van der Waals surface area (Å²) < 4.78 is 6.02. The number of unbranched alkanes of at least 4 members (excludes halogenated alkanes) is 1. The van der Waals surface area contributed by atoms with Crippen LogP contribution in [0.4, 0.5) is 11.4 Å². The van der Waals surface area contributed by atoms with E-state index in [-0.39, 0.29) is 0 Å². The second kappa shape index (κ2) is 10.8. The van der Waals surface area contributed by atoms with Crippen LogP contribution in [0.15, 0.2) is 46.4 Å². The molecule has 0 heterocycles. The van der Waals surface area contributed by atoms with Crippen LogP contribution in [0.3, 0.4) is 0 Å². The van der Waals surface area contributed by atoms with Gasteiger partial charge in [0, 0.05) is 6.61 Å². The zero-order valence-corrected chi connectivity index (χ0v) is 21.1. The Kier molecular flexibility index (Phi) is 8.74. The molecule has 0 atom stereocenters. The van der Waals surface area contributed by atoms with E-state index in [9.17, 15) is 0 Å². The van der Waals surface area contributed by atoms with Crippen molar-refractivity contribution in [3.05, 3.63) is 58.7 Å². The van der Waals surface area contributed by atoms with Gasteiger partial charge in [-0.1, -0.05) is 36.4 Å². The van der Waals surface area contributed by atoms with Gasteiger partial charge in [0.25, 0.3) is 0 Å². The Labute approximate surface area is 184 Å². The first kappa shape index (κ1) is 24.2. The third kappa shape index (κ3) is 7.33. The SMILES string of the molecule is CC(=Nc1c(C)cccc1C)C(CCCCO[Si](C)(C)C)=Nc1c(C)cccc1C. The summed E-state index contributed by atoms with van der Waals surface area (Å²) in [7, 11) is -1.45. The lowest BCUT2D eigenvalue weighted by molar-refractivity contribution is 0.302. The minimum absolute atomic E-state index is 0.833. The zero-order valence-electron chi connectivity index (χ0n) is 20.1. The first-order valence-corrected chi connectivity index (χ1v) is 14.4. The summed E-state index contributed by atoms with van der Waals surface area (Å²) in [4.78, 5) is 10.1. The number of nitrogens with zero attached hydrogens (tertiary/aromatic N) is 2. The van der Waals surface area contributed by atoms with E-state index in [0.717, 1.165) is 48.7 Å². The van der Waals surface area contributed by atoms with E-state index in [1.54, 1.807) is 0 Å². The molecule has 30 heavy (non-hydrogen) atoms. The third-order valence-electron chi connectivity index (χ3n) is 5.17. The summed E-state index contributed by atoms with van der Waals surface area (Å²) in [5.41, 5.74) is 9.01. The van der Waals surface area contributed by atoms with Crippen molar-refractivity contribution < 1.29 is 4.43 Å². The van der Waals surface area contributed by atoms with Crippen molar-refractivity contribution in [2.24, 2.45) is 9.98 Å². The predicted octanol–water partition coefficient (Wildman–Crippen LogP) is 7.81. The molecule has 162 valence electrons. The number of para-hydroxylation sites is 2. The van der Waals surface area contributed by atoms with Gasteiger partial charge in [0.2, 0.25) is 0 Å². The maximum absolute atomic E-state index is 6.02. The van der Waals surface area contributed by atoms with Crippen LogP contribution < -0.4 is 0 Å². The number of rotatable bonds is 9. The van der Waals surface area contributed by atoms with Gasteiger partial charge in [0.05, 0.1) is 22.8 Å². The quantitative estimate of drug-likeness (QED) is 0.230. The molecular weight excluding hydrogens is 384 g/mol. The van der Waals surface area contributed by atoms with Crippen LogP contribution in [-0.4, -0.2) is 26.3 Å². The first-order valence-electron chi connectivity index (χ1n) is 11.0. The molecule has 0 aliphatic carbocycles. The van der Waals surface area contributed by atoms with Crippen molar-refractivity contribution in [1.82, 2.24) is 0 Å². The van der Waals surface area contributed by atoms with Crippen molar-refractivity contribution in [2.45, 2.75) is 73.5 Å². The fourth-order valence-electron chi connectivity index (χ4n) is 3.42. The van der Waals surface area contributed by atoms with E-state index in [4.69, 9.17) is 14.4 Å². The Hall–Kier alpha value is -2.04. The molecule has 2 aromatic rings. The van der Waals surface area contributed by atoms with Crippen LogP contribution in [0.1, 0.15) is 48.4 Å². The Morgan fingerprint density at radius 1 is 0.767 bits per heavy atom. The molecule has 2 rings (SSSR count). The molecule has 0 saturated carbocycles. The molecular formula is C26H38N2OSi. The number of aryl methyl sites for hydroxylation is 4. The summed E-state index contributed by atoms with van der Waals surface area (Å²) >= 11 is 0. The number of hydrogen-bond donors (Lipinski definition) is 0. The van der Waals surface area contributed by atoms with Crippen molar-refractivity contribution >= 4 is 31.1 Å². The summed E-state index contributed by atoms with van der Waals surface area (Å²) in [6, 6.07) is 12.7. The van der Waals surface area contributed by atoms with Gasteiger partial charge in [-0.15, -0.1) is 0 Å². The lowest BCUT2D eigenvalue weighted by atomic mass is 10.1. The largest absolute Gasteiger partial charge is 0.418 e. The Bertz CT molecular complexity index is 883. The number of benzene rings is 2. The first-order chi connectivity index (χ1) is 14.1. The van der Waals surface area contributed by atoms with Gasteiger partial charge in [0.15, 0.2) is 8.32 Å². The standard InChI is InChI=1S/C26H38N2OSi/c1-19-13-11-14-20(2)25(19)27-23(5)24(17-9-10-18-29-30(6,7)8)28-26-21(3)15-12-16-22(26)4/h11-16H,9-10,17-18H2,1-8H3. The van der Waals surface area contributed by atoms with E-state index >= 15 is 0 Å². The molecule has 0 spiro atoms. The zero-order chi connectivity index (χ0) is 22.3. The highest BCUT2D eigenvalue weighted by Crippen LogP contribution is 2.26. The lowest BCUT2D eigenvalue weighted by Crippen LogP contribution is -2.25. The van der Waals surface area contributed by atoms with Crippen molar-refractivity contribution in [3.8, 4) is 0 Å². The van der Waals surface area contributed by atoms with Crippen LogP contribution in [0.25, 0.3) is 0 Å². The maximum atomic E-state index is 6.02. The second-order valence-corrected chi connectivity index (χ2v) is 13.7. The average molecular weight is 423 g/mol. The van der Waals surface area contributed by atoms with Crippen LogP contribution in [0.5, 0.6) is 0 Å². The molecule has 0 aliphatic heterocycles. The maximum Gasteiger partial charge on any atom is 0.183 e. The summed E-state index contributed by atoms with van der Waals surface area (Å²) in [5.74, 6) is 0. The van der Waals surface area contributed by atoms with Gasteiger partial charge < -0.3 is 4.43 Å². The average Bonchev–Trinajstić information content (AvgIpc) is 2.65. The molecule has 0 N–H and O–H groups in total. The molecule has 0 saturated heterocycles. The van der Waals surface area contributed by atoms with Gasteiger partial charge in [-0.25, -0.2) is 0 Å². The number of hydrogen-bond acceptors (Lipinski definition) is 3. The summed E-state index contributed by atoms with van der Waals surface area (Å²) in [6.07, 6.45) is 3.00. The van der Waals surface area contributed by atoms with Gasteiger partial charge in [-0.3, -0.25) is 9.98 Å². The second-order valence-electron chi connectivity index (χ2n) is 9.15. The topological polar surface area (TPSA) is 34.0 Å². The van der Waals surface area contributed by atoms with E-state index in [0.29, 0.717) is 0 Å². The van der Waals surface area contributed by atoms with E-state index in [1.807, 2.05) is 0 Å². The fraction of sp³-hybridized carbons (Fsp3) is 0.462. The van der Waals surface area contributed by atoms with Crippen LogP contribution in [0.2, 0.25) is 19.6 Å². The monoisotopic (exact) mass is 422 g/mol. The molecule has 0 aromatic heterocycles. The number of aliphatic imine (C=N–C) groups is 2.